The summed E-state index contributed by atoms with van der Waals surface area (Å²) < 4.78 is 0. The smallest absolute Gasteiger partial charge is 0.235 e. The average Bonchev–Trinajstić information content (AvgIpc) is 2.45. The highest BCUT2D eigenvalue weighted by Gasteiger charge is 2.29. The maximum atomic E-state index is 12.0. The van der Waals surface area contributed by atoms with E-state index in [4.69, 9.17) is 11.6 Å². The first-order chi connectivity index (χ1) is 9.78. The largest absolute Gasteiger partial charge is 0.337 e. The number of amides is 1. The van der Waals surface area contributed by atoms with Gasteiger partial charge in [-0.05, 0) is 37.5 Å². The lowest BCUT2D eigenvalue weighted by Gasteiger charge is -2.27. The van der Waals surface area contributed by atoms with E-state index in [0.717, 1.165) is 5.56 Å². The molecule has 0 spiro atoms. The molecule has 21 heavy (non-hydrogen) atoms. The predicted octanol–water partition coefficient (Wildman–Crippen LogP) is 3.05. The van der Waals surface area contributed by atoms with Crippen LogP contribution in [-0.4, -0.2) is 18.0 Å². The van der Waals surface area contributed by atoms with Crippen molar-refractivity contribution in [1.82, 2.24) is 10.6 Å². The van der Waals surface area contributed by atoms with E-state index in [1.54, 1.807) is 6.92 Å². The van der Waals surface area contributed by atoms with E-state index in [9.17, 15) is 10.1 Å². The Bertz CT molecular complexity index is 521. The number of benzene rings is 1. The number of hydrogen-bond acceptors (Lipinski definition) is 3. The Balaban J connectivity index is 2.53. The Hall–Kier alpha value is -1.57. The molecule has 1 aromatic carbocycles. The summed E-state index contributed by atoms with van der Waals surface area (Å²) in [5.41, 5.74) is 0.210. The van der Waals surface area contributed by atoms with Crippen LogP contribution in [-0.2, 0) is 4.79 Å². The maximum absolute atomic E-state index is 12.0. The van der Waals surface area contributed by atoms with Gasteiger partial charge in [0, 0.05) is 11.1 Å². The minimum atomic E-state index is -0.845. The van der Waals surface area contributed by atoms with E-state index < -0.39 is 5.54 Å². The lowest BCUT2D eigenvalue weighted by atomic mass is 9.90. The van der Waals surface area contributed by atoms with Gasteiger partial charge >= 0.3 is 0 Å². The molecular formula is C16H22ClN3O. The lowest BCUT2D eigenvalue weighted by molar-refractivity contribution is -0.122. The van der Waals surface area contributed by atoms with E-state index in [1.807, 2.05) is 45.0 Å². The van der Waals surface area contributed by atoms with Gasteiger partial charge in [0.1, 0.15) is 5.54 Å². The third-order valence-electron chi connectivity index (χ3n) is 3.72. The number of hydrogen-bond donors (Lipinski definition) is 2. The fourth-order valence-corrected chi connectivity index (χ4v) is 1.88. The molecule has 0 aromatic heterocycles. The van der Waals surface area contributed by atoms with Gasteiger partial charge in [0.05, 0.1) is 12.6 Å². The average molecular weight is 308 g/mol. The van der Waals surface area contributed by atoms with Crippen molar-refractivity contribution < 1.29 is 4.79 Å². The van der Waals surface area contributed by atoms with E-state index >= 15 is 0 Å². The summed E-state index contributed by atoms with van der Waals surface area (Å²) in [6.07, 6.45) is 0. The molecular weight excluding hydrogens is 286 g/mol. The second-order valence-electron chi connectivity index (χ2n) is 5.67. The molecule has 0 aliphatic rings. The molecule has 0 aliphatic heterocycles. The number of carbonyl (C=O) groups is 1. The molecule has 0 saturated heterocycles. The van der Waals surface area contributed by atoms with Crippen molar-refractivity contribution in [2.24, 2.45) is 5.92 Å². The minimum absolute atomic E-state index is 0.0282. The molecule has 5 heteroatoms. The van der Waals surface area contributed by atoms with Crippen LogP contribution in [0.4, 0.5) is 0 Å². The third-order valence-corrected chi connectivity index (χ3v) is 3.98. The Morgan fingerprint density at radius 2 is 1.90 bits per heavy atom. The van der Waals surface area contributed by atoms with Crippen molar-refractivity contribution in [3.63, 3.8) is 0 Å². The number of halogens is 1. The Morgan fingerprint density at radius 1 is 1.33 bits per heavy atom. The molecule has 0 heterocycles. The molecule has 1 aromatic rings. The van der Waals surface area contributed by atoms with Gasteiger partial charge in [-0.15, -0.1) is 0 Å². The fraction of sp³-hybridized carbons (Fsp3) is 0.500. The molecule has 0 unspecified atom stereocenters. The van der Waals surface area contributed by atoms with Crippen LogP contribution in [0.2, 0.25) is 5.02 Å². The number of carbonyl (C=O) groups excluding carboxylic acids is 1. The Labute approximate surface area is 131 Å². The van der Waals surface area contributed by atoms with Crippen LogP contribution in [0.5, 0.6) is 0 Å². The zero-order chi connectivity index (χ0) is 16.0. The van der Waals surface area contributed by atoms with E-state index in [-0.39, 0.29) is 24.4 Å². The molecule has 4 nitrogen and oxygen atoms in total. The van der Waals surface area contributed by atoms with Crippen molar-refractivity contribution in [2.45, 2.75) is 39.3 Å². The van der Waals surface area contributed by atoms with Gasteiger partial charge in [-0.1, -0.05) is 37.6 Å². The molecule has 0 radical (unpaired) electrons. The normalized spacial score (nSPS) is 15.1. The van der Waals surface area contributed by atoms with Crippen molar-refractivity contribution >= 4 is 17.5 Å². The predicted molar refractivity (Wildman–Crippen MR) is 84.9 cm³/mol. The van der Waals surface area contributed by atoms with Gasteiger partial charge in [0.2, 0.25) is 5.91 Å². The van der Waals surface area contributed by atoms with Crippen LogP contribution < -0.4 is 10.6 Å². The van der Waals surface area contributed by atoms with Gasteiger partial charge in [0.25, 0.3) is 0 Å². The van der Waals surface area contributed by atoms with Crippen molar-refractivity contribution in [3.05, 3.63) is 34.9 Å². The van der Waals surface area contributed by atoms with E-state index in [0.29, 0.717) is 5.02 Å². The van der Waals surface area contributed by atoms with E-state index in [1.165, 1.54) is 0 Å². The highest BCUT2D eigenvalue weighted by atomic mass is 35.5. The first-order valence-corrected chi connectivity index (χ1v) is 7.37. The molecule has 114 valence electrons. The van der Waals surface area contributed by atoms with Crippen LogP contribution in [0.25, 0.3) is 0 Å². The lowest BCUT2D eigenvalue weighted by Crippen LogP contribution is -2.51. The number of nitriles is 1. The Morgan fingerprint density at radius 3 is 2.38 bits per heavy atom. The van der Waals surface area contributed by atoms with Crippen LogP contribution in [0, 0.1) is 17.2 Å². The quantitative estimate of drug-likeness (QED) is 0.849. The number of rotatable bonds is 6. The highest BCUT2D eigenvalue weighted by molar-refractivity contribution is 6.30. The van der Waals surface area contributed by atoms with Crippen molar-refractivity contribution in [1.29, 1.82) is 5.26 Å². The summed E-state index contributed by atoms with van der Waals surface area (Å²) in [4.78, 5) is 12.0. The third kappa shape index (κ3) is 5.04. The van der Waals surface area contributed by atoms with Gasteiger partial charge in [-0.3, -0.25) is 4.79 Å². The van der Waals surface area contributed by atoms with Gasteiger partial charge in [-0.2, -0.15) is 5.26 Å². The number of nitrogens with one attached hydrogen (secondary N) is 2. The highest BCUT2D eigenvalue weighted by Crippen LogP contribution is 2.16. The molecule has 0 bridgehead atoms. The summed E-state index contributed by atoms with van der Waals surface area (Å²) in [5.74, 6) is -0.145. The van der Waals surface area contributed by atoms with Crippen molar-refractivity contribution in [2.75, 3.05) is 6.54 Å². The summed E-state index contributed by atoms with van der Waals surface area (Å²) in [5, 5.41) is 15.8. The molecule has 0 saturated carbocycles. The van der Waals surface area contributed by atoms with E-state index in [2.05, 4.69) is 16.7 Å². The first kappa shape index (κ1) is 17.5. The maximum Gasteiger partial charge on any atom is 0.235 e. The van der Waals surface area contributed by atoms with Crippen LogP contribution >= 0.6 is 11.6 Å². The molecule has 0 aliphatic carbocycles. The fourth-order valence-electron chi connectivity index (χ4n) is 1.75. The molecule has 2 atom stereocenters. The topological polar surface area (TPSA) is 64.9 Å². The summed E-state index contributed by atoms with van der Waals surface area (Å²) in [6.45, 7) is 7.69. The van der Waals surface area contributed by atoms with Crippen LogP contribution in [0.3, 0.4) is 0 Å². The SMILES string of the molecule is CC(C)[C@@](C)(C#N)NC(=O)CN[C@H](C)c1ccc(Cl)cc1. The summed E-state index contributed by atoms with van der Waals surface area (Å²) in [7, 11) is 0. The Kier molecular flexibility index (Phi) is 6.19. The van der Waals surface area contributed by atoms with Gasteiger partial charge in [-0.25, -0.2) is 0 Å². The summed E-state index contributed by atoms with van der Waals surface area (Å²) in [6, 6.07) is 9.67. The molecule has 2 N–H and O–H groups in total. The second-order valence-corrected chi connectivity index (χ2v) is 6.11. The standard InChI is InChI=1S/C16H22ClN3O/c1-11(2)16(4,10-18)20-15(21)9-19-12(3)13-5-7-14(17)8-6-13/h5-8,11-12,19H,9H2,1-4H3,(H,20,21)/t12-,16-/m1/s1. The molecule has 0 fully saturated rings. The first-order valence-electron chi connectivity index (χ1n) is 6.99. The van der Waals surface area contributed by atoms with Gasteiger partial charge < -0.3 is 10.6 Å². The van der Waals surface area contributed by atoms with Gasteiger partial charge in [0.15, 0.2) is 0 Å². The zero-order valence-electron chi connectivity index (χ0n) is 12.9. The zero-order valence-corrected chi connectivity index (χ0v) is 13.7. The molecule has 1 amide bonds. The monoisotopic (exact) mass is 307 g/mol. The number of nitrogens with zero attached hydrogens (tertiary/aromatic N) is 1. The minimum Gasteiger partial charge on any atom is -0.337 e. The second kappa shape index (κ2) is 7.44. The molecule has 1 rings (SSSR count). The summed E-state index contributed by atoms with van der Waals surface area (Å²) >= 11 is 5.85. The van der Waals surface area contributed by atoms with Crippen molar-refractivity contribution in [3.8, 4) is 6.07 Å². The van der Waals surface area contributed by atoms with Crippen LogP contribution in [0.15, 0.2) is 24.3 Å². The van der Waals surface area contributed by atoms with Crippen LogP contribution in [0.1, 0.15) is 39.3 Å².